The van der Waals surface area contributed by atoms with E-state index in [2.05, 4.69) is 41.4 Å². The van der Waals surface area contributed by atoms with Gasteiger partial charge in [-0.05, 0) is 68.2 Å². The molecule has 0 spiro atoms. The number of hydrogen-bond acceptors (Lipinski definition) is 6. The summed E-state index contributed by atoms with van der Waals surface area (Å²) >= 11 is 0. The van der Waals surface area contributed by atoms with Crippen LogP contribution in [0, 0.1) is 6.92 Å². The minimum absolute atomic E-state index is 0.00840. The molecule has 0 aliphatic carbocycles. The maximum Gasteiger partial charge on any atom is 0.254 e. The Morgan fingerprint density at radius 3 is 2.59 bits per heavy atom. The molecule has 0 radical (unpaired) electrons. The molecule has 180 valence electrons. The minimum atomic E-state index is -0.00840. The number of hydrogen-bond donors (Lipinski definition) is 1. The lowest BCUT2D eigenvalue weighted by molar-refractivity contribution is 0.171. The van der Waals surface area contributed by atoms with Crippen molar-refractivity contribution in [1.29, 1.82) is 0 Å². The first kappa shape index (κ1) is 22.7. The fourth-order valence-corrected chi connectivity index (χ4v) is 4.92. The molecular formula is C27H33N3O4. The number of piperidine rings is 1. The van der Waals surface area contributed by atoms with Crippen molar-refractivity contribution in [2.45, 2.75) is 38.9 Å². The Labute approximate surface area is 200 Å². The largest absolute Gasteiger partial charge is 0.496 e. The molecule has 1 saturated heterocycles. The number of methoxy groups -OCH3 is 1. The lowest BCUT2D eigenvalue weighted by atomic mass is 10.0. The Hall–Kier alpha value is -3.03. The summed E-state index contributed by atoms with van der Waals surface area (Å²) in [6.07, 6.45) is 2.20. The van der Waals surface area contributed by atoms with Crippen molar-refractivity contribution in [3.05, 3.63) is 63.9 Å². The van der Waals surface area contributed by atoms with Crippen LogP contribution in [0.2, 0.25) is 0 Å². The molecule has 0 bridgehead atoms. The third kappa shape index (κ3) is 4.91. The molecular weight excluding hydrogens is 430 g/mol. The van der Waals surface area contributed by atoms with Gasteiger partial charge < -0.3 is 29.0 Å². The van der Waals surface area contributed by atoms with Gasteiger partial charge in [-0.1, -0.05) is 12.1 Å². The summed E-state index contributed by atoms with van der Waals surface area (Å²) in [7, 11) is 1.62. The monoisotopic (exact) mass is 463 g/mol. The molecule has 0 amide bonds. The van der Waals surface area contributed by atoms with E-state index in [0.29, 0.717) is 31.5 Å². The molecule has 3 aromatic rings. The van der Waals surface area contributed by atoms with Gasteiger partial charge >= 0.3 is 0 Å². The minimum Gasteiger partial charge on any atom is -0.496 e. The third-order valence-electron chi connectivity index (χ3n) is 6.88. The highest BCUT2D eigenvalue weighted by Gasteiger charge is 2.20. The molecule has 2 aliphatic rings. The molecule has 7 heteroatoms. The van der Waals surface area contributed by atoms with Crippen LogP contribution >= 0.6 is 0 Å². The SMILES string of the molecule is COc1cc(=O)n(CCN2CCC(NCc3ccc4c(c3)OCCO4)CC2)c2cc(C)ccc12. The number of nitrogens with zero attached hydrogens (tertiary/aromatic N) is 2. The Bertz CT molecular complexity index is 1210. The Morgan fingerprint density at radius 1 is 1.00 bits per heavy atom. The van der Waals surface area contributed by atoms with Gasteiger partial charge in [-0.15, -0.1) is 0 Å². The van der Waals surface area contributed by atoms with E-state index >= 15 is 0 Å². The Kier molecular flexibility index (Phi) is 6.74. The normalized spacial score (nSPS) is 16.6. The zero-order chi connectivity index (χ0) is 23.5. The number of benzene rings is 2. The second-order valence-electron chi connectivity index (χ2n) is 9.20. The molecule has 7 nitrogen and oxygen atoms in total. The summed E-state index contributed by atoms with van der Waals surface area (Å²) in [6.45, 7) is 7.71. The molecule has 0 saturated carbocycles. The molecule has 0 unspecified atom stereocenters. The van der Waals surface area contributed by atoms with Crippen LogP contribution in [0.5, 0.6) is 17.2 Å². The smallest absolute Gasteiger partial charge is 0.254 e. The number of aryl methyl sites for hydroxylation is 1. The Morgan fingerprint density at radius 2 is 1.79 bits per heavy atom. The summed E-state index contributed by atoms with van der Waals surface area (Å²) in [5.74, 6) is 2.32. The maximum absolute atomic E-state index is 12.8. The molecule has 2 aromatic carbocycles. The zero-order valence-corrected chi connectivity index (χ0v) is 20.0. The molecule has 34 heavy (non-hydrogen) atoms. The van der Waals surface area contributed by atoms with E-state index in [4.69, 9.17) is 14.2 Å². The van der Waals surface area contributed by atoms with E-state index in [1.54, 1.807) is 13.2 Å². The van der Waals surface area contributed by atoms with Gasteiger partial charge in [0, 0.05) is 37.1 Å². The van der Waals surface area contributed by atoms with Crippen molar-refractivity contribution in [1.82, 2.24) is 14.8 Å². The number of nitrogens with one attached hydrogen (secondary N) is 1. The van der Waals surface area contributed by atoms with Gasteiger partial charge in [-0.3, -0.25) is 4.79 Å². The fraction of sp³-hybridized carbons (Fsp3) is 0.444. The van der Waals surface area contributed by atoms with E-state index in [9.17, 15) is 4.79 Å². The number of pyridine rings is 1. The van der Waals surface area contributed by atoms with E-state index < -0.39 is 0 Å². The quantitative estimate of drug-likeness (QED) is 0.580. The predicted molar refractivity (Wildman–Crippen MR) is 133 cm³/mol. The summed E-state index contributed by atoms with van der Waals surface area (Å²) < 4.78 is 18.6. The first-order valence-electron chi connectivity index (χ1n) is 12.1. The van der Waals surface area contributed by atoms with Crippen LogP contribution in [0.3, 0.4) is 0 Å². The first-order chi connectivity index (χ1) is 16.6. The number of likely N-dealkylation sites (tertiary alicyclic amines) is 1. The van der Waals surface area contributed by atoms with Crippen LogP contribution in [-0.4, -0.2) is 55.5 Å². The number of aromatic nitrogens is 1. The molecule has 5 rings (SSSR count). The van der Waals surface area contributed by atoms with Gasteiger partial charge in [-0.25, -0.2) is 0 Å². The Balaban J connectivity index is 1.15. The van der Waals surface area contributed by atoms with Crippen LogP contribution in [0.1, 0.15) is 24.0 Å². The van der Waals surface area contributed by atoms with Crippen molar-refractivity contribution < 1.29 is 14.2 Å². The van der Waals surface area contributed by atoms with E-state index in [-0.39, 0.29) is 5.56 Å². The van der Waals surface area contributed by atoms with Crippen LogP contribution < -0.4 is 25.1 Å². The van der Waals surface area contributed by atoms with Gasteiger partial charge in [0.25, 0.3) is 5.56 Å². The molecule has 3 heterocycles. The van der Waals surface area contributed by atoms with E-state index in [1.807, 2.05) is 16.7 Å². The average Bonchev–Trinajstić information content (AvgIpc) is 2.87. The number of rotatable bonds is 7. The van der Waals surface area contributed by atoms with Crippen LogP contribution in [0.4, 0.5) is 0 Å². The van der Waals surface area contributed by atoms with E-state index in [1.165, 1.54) is 5.56 Å². The summed E-state index contributed by atoms with van der Waals surface area (Å²) in [4.78, 5) is 15.3. The van der Waals surface area contributed by atoms with Gasteiger partial charge in [-0.2, -0.15) is 0 Å². The average molecular weight is 464 g/mol. The van der Waals surface area contributed by atoms with Gasteiger partial charge in [0.05, 0.1) is 12.6 Å². The zero-order valence-electron chi connectivity index (χ0n) is 20.0. The molecule has 2 aliphatic heterocycles. The summed E-state index contributed by atoms with van der Waals surface area (Å²) in [5, 5.41) is 4.68. The highest BCUT2D eigenvalue weighted by Crippen LogP contribution is 2.31. The van der Waals surface area contributed by atoms with Crippen LogP contribution in [-0.2, 0) is 13.1 Å². The molecule has 0 atom stereocenters. The van der Waals surface area contributed by atoms with Crippen molar-refractivity contribution in [2.24, 2.45) is 0 Å². The van der Waals surface area contributed by atoms with Gasteiger partial charge in [0.1, 0.15) is 19.0 Å². The highest BCUT2D eigenvalue weighted by atomic mass is 16.6. The summed E-state index contributed by atoms with van der Waals surface area (Å²) in [5.41, 5.74) is 3.29. The van der Waals surface area contributed by atoms with Crippen molar-refractivity contribution in [3.8, 4) is 17.2 Å². The van der Waals surface area contributed by atoms with Crippen molar-refractivity contribution in [2.75, 3.05) is 40.0 Å². The molecule has 1 N–H and O–H groups in total. The van der Waals surface area contributed by atoms with Gasteiger partial charge in [0.15, 0.2) is 11.5 Å². The first-order valence-corrected chi connectivity index (χ1v) is 12.1. The summed E-state index contributed by atoms with van der Waals surface area (Å²) in [6, 6.07) is 14.5. The lowest BCUT2D eigenvalue weighted by Gasteiger charge is -2.32. The lowest BCUT2D eigenvalue weighted by Crippen LogP contribution is -2.43. The van der Waals surface area contributed by atoms with Gasteiger partial charge in [0.2, 0.25) is 0 Å². The second kappa shape index (κ2) is 10.1. The second-order valence-corrected chi connectivity index (χ2v) is 9.20. The van der Waals surface area contributed by atoms with Crippen molar-refractivity contribution in [3.63, 3.8) is 0 Å². The van der Waals surface area contributed by atoms with Crippen molar-refractivity contribution >= 4 is 10.9 Å². The topological polar surface area (TPSA) is 65.0 Å². The maximum atomic E-state index is 12.8. The molecule has 1 fully saturated rings. The predicted octanol–water partition coefficient (Wildman–Crippen LogP) is 3.34. The van der Waals surface area contributed by atoms with Crippen LogP contribution in [0.15, 0.2) is 47.3 Å². The standard InChI is InChI=1S/C27H33N3O4/c1-19-3-5-22-23(15-19)30(27(31)17-25(22)32-2)12-11-29-9-7-21(8-10-29)28-18-20-4-6-24-26(16-20)34-14-13-33-24/h3-6,15-17,21,28H,7-14,18H2,1-2H3. The highest BCUT2D eigenvalue weighted by molar-refractivity contribution is 5.86. The number of ether oxygens (including phenoxy) is 3. The fourth-order valence-electron chi connectivity index (χ4n) is 4.92. The molecule has 1 aromatic heterocycles. The van der Waals surface area contributed by atoms with E-state index in [0.717, 1.165) is 67.0 Å². The van der Waals surface area contributed by atoms with Crippen LogP contribution in [0.25, 0.3) is 10.9 Å². The third-order valence-corrected chi connectivity index (χ3v) is 6.88. The number of fused-ring (bicyclic) bond motifs is 2.